The number of amides is 1. The van der Waals surface area contributed by atoms with Crippen LogP contribution in [0.4, 0.5) is 0 Å². The Hall–Kier alpha value is -2.14. The third kappa shape index (κ3) is 3.45. The zero-order chi connectivity index (χ0) is 16.2. The van der Waals surface area contributed by atoms with Crippen LogP contribution in [0.1, 0.15) is 30.9 Å². The maximum absolute atomic E-state index is 12.2. The van der Waals surface area contributed by atoms with Crippen molar-refractivity contribution >= 4 is 17.8 Å². The predicted molar refractivity (Wildman–Crippen MR) is 89.5 cm³/mol. The Morgan fingerprint density at radius 2 is 2.17 bits per heavy atom. The van der Waals surface area contributed by atoms with Crippen LogP contribution in [-0.2, 0) is 16.0 Å². The number of ether oxygens (including phenoxy) is 2. The Kier molecular flexibility index (Phi) is 4.76. The number of aliphatic imine (C=N–C) groups is 1. The van der Waals surface area contributed by atoms with Gasteiger partial charge in [-0.15, -0.1) is 0 Å². The molecule has 0 radical (unpaired) electrons. The molecular weight excluding hydrogens is 292 g/mol. The number of nitrogens with zero attached hydrogens (tertiary/aromatic N) is 1. The van der Waals surface area contributed by atoms with E-state index in [1.807, 2.05) is 18.2 Å². The van der Waals surface area contributed by atoms with Gasteiger partial charge in [0, 0.05) is 24.7 Å². The van der Waals surface area contributed by atoms with Crippen LogP contribution in [0.25, 0.3) is 6.08 Å². The van der Waals surface area contributed by atoms with E-state index in [2.05, 4.69) is 17.2 Å². The normalized spacial score (nSPS) is 20.5. The fourth-order valence-electron chi connectivity index (χ4n) is 2.91. The summed E-state index contributed by atoms with van der Waals surface area (Å²) in [5.74, 6) is 1.66. The minimum Gasteiger partial charge on any atom is -0.496 e. The van der Waals surface area contributed by atoms with Gasteiger partial charge in [-0.05, 0) is 43.0 Å². The maximum atomic E-state index is 12.2. The largest absolute Gasteiger partial charge is 0.496 e. The van der Waals surface area contributed by atoms with Crippen molar-refractivity contribution in [2.45, 2.75) is 26.2 Å². The molecule has 0 spiro atoms. The molecule has 1 fully saturated rings. The summed E-state index contributed by atoms with van der Waals surface area (Å²) in [7, 11) is 1.63. The van der Waals surface area contributed by atoms with Crippen molar-refractivity contribution < 1.29 is 14.3 Å². The Morgan fingerprint density at radius 3 is 2.87 bits per heavy atom. The predicted octanol–water partition coefficient (Wildman–Crippen LogP) is 2.55. The number of amidine groups is 1. The molecule has 5 nitrogen and oxygen atoms in total. The molecule has 0 aliphatic carbocycles. The second kappa shape index (κ2) is 6.96. The average molecular weight is 314 g/mol. The van der Waals surface area contributed by atoms with Crippen molar-refractivity contribution in [2.24, 2.45) is 10.9 Å². The quantitative estimate of drug-likeness (QED) is 0.869. The Labute approximate surface area is 136 Å². The Balaban J connectivity index is 1.89. The molecule has 0 atom stereocenters. The summed E-state index contributed by atoms with van der Waals surface area (Å²) < 4.78 is 10.8. The van der Waals surface area contributed by atoms with Gasteiger partial charge in [0.25, 0.3) is 5.91 Å². The van der Waals surface area contributed by atoms with Crippen molar-refractivity contribution in [3.05, 3.63) is 35.0 Å². The number of nitrogens with one attached hydrogen (secondary N) is 1. The van der Waals surface area contributed by atoms with Crippen LogP contribution in [0.3, 0.4) is 0 Å². The summed E-state index contributed by atoms with van der Waals surface area (Å²) in [4.78, 5) is 16.7. The second-order valence-corrected chi connectivity index (χ2v) is 5.80. The topological polar surface area (TPSA) is 59.9 Å². The molecular formula is C18H22N2O3. The van der Waals surface area contributed by atoms with Crippen molar-refractivity contribution in [3.63, 3.8) is 0 Å². The number of aryl methyl sites for hydroxylation is 1. The van der Waals surface area contributed by atoms with Gasteiger partial charge in [0.15, 0.2) is 0 Å². The van der Waals surface area contributed by atoms with E-state index in [9.17, 15) is 4.79 Å². The molecule has 1 aromatic rings. The Morgan fingerprint density at radius 1 is 1.39 bits per heavy atom. The van der Waals surface area contributed by atoms with Gasteiger partial charge in [-0.25, -0.2) is 4.99 Å². The fraction of sp³-hybridized carbons (Fsp3) is 0.444. The van der Waals surface area contributed by atoms with Crippen LogP contribution >= 0.6 is 0 Å². The van der Waals surface area contributed by atoms with Crippen molar-refractivity contribution in [1.82, 2.24) is 5.32 Å². The summed E-state index contributed by atoms with van der Waals surface area (Å²) in [5, 5.41) is 2.91. The lowest BCUT2D eigenvalue weighted by Crippen LogP contribution is -2.33. The SMILES string of the molecule is CCc1ccc(OC)c(/C=C2/N=C(C3CCOCC3)NC2=O)c1. The first-order valence-electron chi connectivity index (χ1n) is 8.07. The highest BCUT2D eigenvalue weighted by atomic mass is 16.5. The third-order valence-electron chi connectivity index (χ3n) is 4.32. The van der Waals surface area contributed by atoms with E-state index < -0.39 is 0 Å². The number of methoxy groups -OCH3 is 1. The fourth-order valence-corrected chi connectivity index (χ4v) is 2.91. The number of hydrogen-bond acceptors (Lipinski definition) is 4. The molecule has 2 aliphatic heterocycles. The van der Waals surface area contributed by atoms with Gasteiger partial charge in [-0.1, -0.05) is 13.0 Å². The van der Waals surface area contributed by atoms with Gasteiger partial charge in [0.1, 0.15) is 17.3 Å². The molecule has 3 rings (SSSR count). The first-order chi connectivity index (χ1) is 11.2. The molecule has 0 unspecified atom stereocenters. The molecule has 1 amide bonds. The number of rotatable bonds is 4. The summed E-state index contributed by atoms with van der Waals surface area (Å²) >= 11 is 0. The summed E-state index contributed by atoms with van der Waals surface area (Å²) in [6, 6.07) is 6.01. The molecule has 122 valence electrons. The van der Waals surface area contributed by atoms with E-state index in [1.54, 1.807) is 13.2 Å². The van der Waals surface area contributed by atoms with Crippen molar-refractivity contribution in [3.8, 4) is 5.75 Å². The lowest BCUT2D eigenvalue weighted by molar-refractivity contribution is -0.115. The van der Waals surface area contributed by atoms with Crippen molar-refractivity contribution in [1.29, 1.82) is 0 Å². The van der Waals surface area contributed by atoms with Crippen LogP contribution < -0.4 is 10.1 Å². The smallest absolute Gasteiger partial charge is 0.275 e. The average Bonchev–Trinajstić information content (AvgIpc) is 2.96. The van der Waals surface area contributed by atoms with E-state index in [4.69, 9.17) is 9.47 Å². The molecule has 0 bridgehead atoms. The summed E-state index contributed by atoms with van der Waals surface area (Å²) in [6.07, 6.45) is 4.55. The monoisotopic (exact) mass is 314 g/mol. The first-order valence-corrected chi connectivity index (χ1v) is 8.07. The molecule has 1 N–H and O–H groups in total. The summed E-state index contributed by atoms with van der Waals surface area (Å²) in [5.41, 5.74) is 2.52. The van der Waals surface area contributed by atoms with Gasteiger partial charge < -0.3 is 14.8 Å². The van der Waals surface area contributed by atoms with E-state index in [-0.39, 0.29) is 11.8 Å². The van der Waals surface area contributed by atoms with E-state index in [1.165, 1.54) is 5.56 Å². The van der Waals surface area contributed by atoms with Crippen LogP contribution in [-0.4, -0.2) is 32.1 Å². The number of hydrogen-bond donors (Lipinski definition) is 1. The van der Waals surface area contributed by atoms with Gasteiger partial charge in [-0.3, -0.25) is 4.79 Å². The second-order valence-electron chi connectivity index (χ2n) is 5.80. The molecule has 2 aliphatic rings. The first kappa shape index (κ1) is 15.7. The lowest BCUT2D eigenvalue weighted by Gasteiger charge is -2.21. The number of carbonyl (C=O) groups excluding carboxylic acids is 1. The maximum Gasteiger partial charge on any atom is 0.275 e. The zero-order valence-corrected chi connectivity index (χ0v) is 13.6. The molecule has 5 heteroatoms. The van der Waals surface area contributed by atoms with Crippen LogP contribution in [0.15, 0.2) is 28.9 Å². The minimum atomic E-state index is -0.143. The highest BCUT2D eigenvalue weighted by Gasteiger charge is 2.28. The van der Waals surface area contributed by atoms with E-state index in [0.717, 1.165) is 49.6 Å². The summed E-state index contributed by atoms with van der Waals surface area (Å²) in [6.45, 7) is 3.55. The minimum absolute atomic E-state index is 0.143. The highest BCUT2D eigenvalue weighted by Crippen LogP contribution is 2.26. The van der Waals surface area contributed by atoms with Gasteiger partial charge in [0.2, 0.25) is 0 Å². The van der Waals surface area contributed by atoms with Crippen LogP contribution in [0, 0.1) is 5.92 Å². The molecule has 0 aromatic heterocycles. The van der Waals surface area contributed by atoms with E-state index >= 15 is 0 Å². The lowest BCUT2D eigenvalue weighted by atomic mass is 9.99. The highest BCUT2D eigenvalue weighted by molar-refractivity contribution is 6.15. The molecule has 2 heterocycles. The third-order valence-corrected chi connectivity index (χ3v) is 4.32. The Bertz CT molecular complexity index is 658. The van der Waals surface area contributed by atoms with Crippen LogP contribution in [0.2, 0.25) is 0 Å². The number of carbonyl (C=O) groups is 1. The van der Waals surface area contributed by atoms with E-state index in [0.29, 0.717) is 5.70 Å². The van der Waals surface area contributed by atoms with Gasteiger partial charge >= 0.3 is 0 Å². The standard InChI is InChI=1S/C18H22N2O3/c1-3-12-4-5-16(22-2)14(10-12)11-15-18(21)20-17(19-15)13-6-8-23-9-7-13/h4-5,10-11,13H,3,6-9H2,1-2H3,(H,19,20,21)/b15-11+. The van der Waals surface area contributed by atoms with Crippen LogP contribution in [0.5, 0.6) is 5.75 Å². The van der Waals surface area contributed by atoms with Crippen molar-refractivity contribution in [2.75, 3.05) is 20.3 Å². The zero-order valence-electron chi connectivity index (χ0n) is 13.6. The van der Waals surface area contributed by atoms with Gasteiger partial charge in [0.05, 0.1) is 7.11 Å². The molecule has 1 aromatic carbocycles. The number of benzene rings is 1. The van der Waals surface area contributed by atoms with Gasteiger partial charge in [-0.2, -0.15) is 0 Å². The molecule has 0 saturated carbocycles. The molecule has 23 heavy (non-hydrogen) atoms. The molecule has 1 saturated heterocycles.